The maximum absolute atomic E-state index is 10.5. The Morgan fingerprint density at radius 1 is 1.16 bits per heavy atom. The van der Waals surface area contributed by atoms with Crippen LogP contribution in [0.5, 0.6) is 11.5 Å². The van der Waals surface area contributed by atoms with E-state index in [9.17, 15) is 9.90 Å². The Kier molecular flexibility index (Phi) is 4.03. The fourth-order valence-corrected chi connectivity index (χ4v) is 1.75. The number of benzene rings is 2. The highest BCUT2D eigenvalue weighted by Crippen LogP contribution is 2.34. The Morgan fingerprint density at radius 2 is 1.89 bits per heavy atom. The SMILES string of the molecule is Nc1c(OCc2ccccc2)ccc(CC=O)c1O. The first-order valence-corrected chi connectivity index (χ1v) is 5.93. The van der Waals surface area contributed by atoms with Gasteiger partial charge in [-0.2, -0.15) is 0 Å². The summed E-state index contributed by atoms with van der Waals surface area (Å²) in [5.74, 6) is 0.327. The van der Waals surface area contributed by atoms with Crippen molar-refractivity contribution in [3.05, 3.63) is 53.6 Å². The van der Waals surface area contributed by atoms with Crippen LogP contribution >= 0.6 is 0 Å². The fourth-order valence-electron chi connectivity index (χ4n) is 1.75. The number of nitrogens with two attached hydrogens (primary N) is 1. The molecule has 19 heavy (non-hydrogen) atoms. The zero-order chi connectivity index (χ0) is 13.7. The van der Waals surface area contributed by atoms with Crippen LogP contribution in [0.25, 0.3) is 0 Å². The fraction of sp³-hybridized carbons (Fsp3) is 0.133. The van der Waals surface area contributed by atoms with E-state index in [1.165, 1.54) is 0 Å². The molecule has 0 fully saturated rings. The van der Waals surface area contributed by atoms with E-state index in [2.05, 4.69) is 0 Å². The van der Waals surface area contributed by atoms with E-state index in [1.807, 2.05) is 30.3 Å². The number of phenolic OH excluding ortho intramolecular Hbond substituents is 1. The van der Waals surface area contributed by atoms with Gasteiger partial charge in [-0.1, -0.05) is 36.4 Å². The van der Waals surface area contributed by atoms with Crippen LogP contribution in [0.1, 0.15) is 11.1 Å². The number of carbonyl (C=O) groups excluding carboxylic acids is 1. The summed E-state index contributed by atoms with van der Waals surface area (Å²) >= 11 is 0. The first kappa shape index (κ1) is 13.0. The second-order valence-electron chi connectivity index (χ2n) is 4.13. The van der Waals surface area contributed by atoms with Crippen molar-refractivity contribution in [2.45, 2.75) is 13.0 Å². The second kappa shape index (κ2) is 5.91. The van der Waals surface area contributed by atoms with E-state index in [-0.39, 0.29) is 17.9 Å². The van der Waals surface area contributed by atoms with Gasteiger partial charge in [0.25, 0.3) is 0 Å². The highest BCUT2D eigenvalue weighted by Gasteiger charge is 2.10. The molecule has 0 unspecified atom stereocenters. The number of nitrogen functional groups attached to an aromatic ring is 1. The number of carbonyl (C=O) groups is 1. The highest BCUT2D eigenvalue weighted by molar-refractivity contribution is 5.69. The van der Waals surface area contributed by atoms with Gasteiger partial charge in [0.1, 0.15) is 30.1 Å². The summed E-state index contributed by atoms with van der Waals surface area (Å²) < 4.78 is 5.56. The number of hydrogen-bond donors (Lipinski definition) is 2. The normalized spacial score (nSPS) is 10.1. The summed E-state index contributed by atoms with van der Waals surface area (Å²) in [7, 11) is 0. The van der Waals surface area contributed by atoms with Gasteiger partial charge in [0, 0.05) is 12.0 Å². The number of hydrogen-bond acceptors (Lipinski definition) is 4. The number of ether oxygens (including phenoxy) is 1. The molecular formula is C15H15NO3. The van der Waals surface area contributed by atoms with Gasteiger partial charge in [0.2, 0.25) is 0 Å². The van der Waals surface area contributed by atoms with E-state index >= 15 is 0 Å². The number of anilines is 1. The minimum absolute atomic E-state index is 0.0855. The van der Waals surface area contributed by atoms with Gasteiger partial charge in [-0.15, -0.1) is 0 Å². The largest absolute Gasteiger partial charge is 0.505 e. The van der Waals surface area contributed by atoms with Crippen molar-refractivity contribution in [1.82, 2.24) is 0 Å². The van der Waals surface area contributed by atoms with E-state index in [0.29, 0.717) is 17.9 Å². The molecule has 0 spiro atoms. The van der Waals surface area contributed by atoms with E-state index in [4.69, 9.17) is 10.5 Å². The van der Waals surface area contributed by atoms with Crippen molar-refractivity contribution in [2.24, 2.45) is 0 Å². The topological polar surface area (TPSA) is 72.5 Å². The van der Waals surface area contributed by atoms with Crippen LogP contribution in [-0.4, -0.2) is 11.4 Å². The van der Waals surface area contributed by atoms with Crippen LogP contribution in [-0.2, 0) is 17.8 Å². The second-order valence-corrected chi connectivity index (χ2v) is 4.13. The molecule has 0 radical (unpaired) electrons. The molecule has 0 aliphatic rings. The maximum Gasteiger partial charge on any atom is 0.146 e. The predicted octanol–water partition coefficient (Wildman–Crippen LogP) is 2.29. The lowest BCUT2D eigenvalue weighted by Gasteiger charge is -2.12. The first-order valence-electron chi connectivity index (χ1n) is 5.93. The van der Waals surface area contributed by atoms with Crippen LogP contribution in [0.2, 0.25) is 0 Å². The lowest BCUT2D eigenvalue weighted by Crippen LogP contribution is -2.00. The molecule has 0 saturated carbocycles. The molecule has 0 aliphatic heterocycles. The molecule has 3 N–H and O–H groups in total. The molecule has 2 rings (SSSR count). The predicted molar refractivity (Wildman–Crippen MR) is 73.1 cm³/mol. The Balaban J connectivity index is 2.13. The third-order valence-corrected chi connectivity index (χ3v) is 2.80. The Hall–Kier alpha value is -2.49. The lowest BCUT2D eigenvalue weighted by atomic mass is 10.1. The van der Waals surface area contributed by atoms with Crippen LogP contribution < -0.4 is 10.5 Å². The highest BCUT2D eigenvalue weighted by atomic mass is 16.5. The average molecular weight is 257 g/mol. The van der Waals surface area contributed by atoms with Crippen molar-refractivity contribution >= 4 is 12.0 Å². The van der Waals surface area contributed by atoms with E-state index in [0.717, 1.165) is 11.8 Å². The summed E-state index contributed by atoms with van der Waals surface area (Å²) in [6.45, 7) is 0.373. The molecule has 0 aromatic heterocycles. The van der Waals surface area contributed by atoms with Gasteiger partial charge in [-0.05, 0) is 11.6 Å². The van der Waals surface area contributed by atoms with Gasteiger partial charge in [-0.3, -0.25) is 0 Å². The number of phenols is 1. The average Bonchev–Trinajstić information content (AvgIpc) is 2.44. The molecule has 2 aromatic carbocycles. The van der Waals surface area contributed by atoms with Crippen molar-refractivity contribution < 1.29 is 14.6 Å². The molecule has 0 atom stereocenters. The Bertz CT molecular complexity index is 567. The summed E-state index contributed by atoms with van der Waals surface area (Å²) in [6.07, 6.45) is 0.855. The first-order chi connectivity index (χ1) is 9.22. The molecule has 2 aromatic rings. The maximum atomic E-state index is 10.5. The third-order valence-electron chi connectivity index (χ3n) is 2.80. The van der Waals surface area contributed by atoms with Gasteiger partial charge < -0.3 is 20.4 Å². The monoisotopic (exact) mass is 257 g/mol. The van der Waals surface area contributed by atoms with Crippen molar-refractivity contribution in [2.75, 3.05) is 5.73 Å². The molecule has 0 amide bonds. The minimum atomic E-state index is -0.0855. The molecule has 0 bridgehead atoms. The van der Waals surface area contributed by atoms with Gasteiger partial charge in [-0.25, -0.2) is 0 Å². The summed E-state index contributed by atoms with van der Waals surface area (Å²) in [6, 6.07) is 13.0. The Labute approximate surface area is 111 Å². The standard InChI is InChI=1S/C15H15NO3/c16-14-13(7-6-12(8-9-17)15(14)18)19-10-11-4-2-1-3-5-11/h1-7,9,18H,8,10,16H2. The number of rotatable bonds is 5. The van der Waals surface area contributed by atoms with Crippen LogP contribution in [0.4, 0.5) is 5.69 Å². The molecule has 0 aliphatic carbocycles. The van der Waals surface area contributed by atoms with Crippen LogP contribution in [0, 0.1) is 0 Å². The van der Waals surface area contributed by atoms with Crippen LogP contribution in [0.15, 0.2) is 42.5 Å². The summed E-state index contributed by atoms with van der Waals surface area (Å²) in [5.41, 5.74) is 7.46. The van der Waals surface area contributed by atoms with E-state index in [1.54, 1.807) is 12.1 Å². The van der Waals surface area contributed by atoms with E-state index < -0.39 is 0 Å². The third kappa shape index (κ3) is 3.04. The summed E-state index contributed by atoms with van der Waals surface area (Å²) in [4.78, 5) is 10.5. The van der Waals surface area contributed by atoms with Crippen molar-refractivity contribution in [3.8, 4) is 11.5 Å². The molecule has 0 saturated heterocycles. The zero-order valence-electron chi connectivity index (χ0n) is 10.4. The van der Waals surface area contributed by atoms with Crippen LogP contribution in [0.3, 0.4) is 0 Å². The number of aromatic hydroxyl groups is 1. The Morgan fingerprint density at radius 3 is 2.58 bits per heavy atom. The molecule has 98 valence electrons. The lowest BCUT2D eigenvalue weighted by molar-refractivity contribution is -0.107. The van der Waals surface area contributed by atoms with Crippen molar-refractivity contribution in [1.29, 1.82) is 0 Å². The smallest absolute Gasteiger partial charge is 0.146 e. The quantitative estimate of drug-likeness (QED) is 0.489. The molecular weight excluding hydrogens is 242 g/mol. The molecule has 0 heterocycles. The van der Waals surface area contributed by atoms with Gasteiger partial charge >= 0.3 is 0 Å². The summed E-state index contributed by atoms with van der Waals surface area (Å²) in [5, 5.41) is 9.84. The van der Waals surface area contributed by atoms with Gasteiger partial charge in [0.05, 0.1) is 0 Å². The molecule has 4 heteroatoms. The van der Waals surface area contributed by atoms with Crippen molar-refractivity contribution in [3.63, 3.8) is 0 Å². The number of aldehydes is 1. The molecule has 4 nitrogen and oxygen atoms in total. The minimum Gasteiger partial charge on any atom is -0.505 e. The zero-order valence-corrected chi connectivity index (χ0v) is 10.4. The van der Waals surface area contributed by atoms with Gasteiger partial charge in [0.15, 0.2) is 0 Å².